The molecule has 1 aromatic carbocycles. The van der Waals surface area contributed by atoms with E-state index in [9.17, 15) is 18.5 Å². The number of nitrogens with zero attached hydrogens (tertiary/aromatic N) is 3. The van der Waals surface area contributed by atoms with Gasteiger partial charge in [0.1, 0.15) is 5.69 Å². The van der Waals surface area contributed by atoms with E-state index in [1.54, 1.807) is 13.8 Å². The largest absolute Gasteiger partial charge is 0.377 e. The topological polar surface area (TPSA) is 95.8 Å². The van der Waals surface area contributed by atoms with Gasteiger partial charge in [0, 0.05) is 38.3 Å². The van der Waals surface area contributed by atoms with Crippen LogP contribution in [-0.2, 0) is 10.0 Å². The second kappa shape index (κ2) is 9.48. The summed E-state index contributed by atoms with van der Waals surface area (Å²) in [5.41, 5.74) is 0.187. The van der Waals surface area contributed by atoms with Crippen LogP contribution in [-0.4, -0.2) is 61.3 Å². The number of hydrogen-bond acceptors (Lipinski definition) is 6. The molecule has 0 amide bonds. The molecule has 9 heteroatoms. The summed E-state index contributed by atoms with van der Waals surface area (Å²) in [6, 6.07) is 4.30. The molecule has 152 valence electrons. The zero-order chi connectivity index (χ0) is 20.0. The highest BCUT2D eigenvalue weighted by Gasteiger charge is 2.27. The molecule has 0 atom stereocenters. The molecule has 0 aliphatic carbocycles. The van der Waals surface area contributed by atoms with Crippen molar-refractivity contribution in [2.75, 3.05) is 38.0 Å². The van der Waals surface area contributed by atoms with Gasteiger partial charge in [-0.25, -0.2) is 8.42 Å². The van der Waals surface area contributed by atoms with Gasteiger partial charge in [-0.3, -0.25) is 10.1 Å². The first-order chi connectivity index (χ1) is 12.8. The Morgan fingerprint density at radius 1 is 1.22 bits per heavy atom. The van der Waals surface area contributed by atoms with Gasteiger partial charge in [-0.05, 0) is 37.9 Å². The molecule has 0 spiro atoms. The predicted octanol–water partition coefficient (Wildman–Crippen LogP) is 2.91. The lowest BCUT2D eigenvalue weighted by molar-refractivity contribution is -0.384. The molecule has 1 aliphatic rings. The molecule has 1 N–H and O–H groups in total. The Balaban J connectivity index is 2.20. The Hall–Kier alpha value is -1.71. The van der Waals surface area contributed by atoms with Crippen molar-refractivity contribution in [3.05, 3.63) is 28.3 Å². The number of nitro groups is 1. The highest BCUT2D eigenvalue weighted by atomic mass is 32.2. The van der Waals surface area contributed by atoms with Gasteiger partial charge in [0.05, 0.1) is 9.82 Å². The summed E-state index contributed by atoms with van der Waals surface area (Å²) in [6.45, 7) is 9.30. The van der Waals surface area contributed by atoms with Gasteiger partial charge >= 0.3 is 0 Å². The summed E-state index contributed by atoms with van der Waals surface area (Å²) in [4.78, 5) is 13.4. The van der Waals surface area contributed by atoms with E-state index in [1.807, 2.05) is 0 Å². The number of nitro benzene ring substituents is 1. The van der Waals surface area contributed by atoms with Crippen LogP contribution < -0.4 is 5.32 Å². The Kier molecular flexibility index (Phi) is 7.58. The third kappa shape index (κ3) is 5.18. The minimum atomic E-state index is -3.73. The van der Waals surface area contributed by atoms with E-state index in [0.29, 0.717) is 18.8 Å². The second-order valence-electron chi connectivity index (χ2n) is 6.79. The van der Waals surface area contributed by atoms with Crippen LogP contribution in [0.5, 0.6) is 0 Å². The maximum absolute atomic E-state index is 12.6. The highest BCUT2D eigenvalue weighted by molar-refractivity contribution is 7.89. The molecular formula is C18H30N4O4S. The first-order valence-corrected chi connectivity index (χ1v) is 11.0. The number of hydrogen-bond donors (Lipinski definition) is 1. The zero-order valence-corrected chi connectivity index (χ0v) is 17.2. The van der Waals surface area contributed by atoms with Crippen LogP contribution in [0.25, 0.3) is 0 Å². The minimum absolute atomic E-state index is 0.0405. The Morgan fingerprint density at radius 2 is 1.85 bits per heavy atom. The SMILES string of the molecule is CCCN1CCC(Nc2ccc(S(=O)(=O)N(CC)CC)cc2[N+](=O)[O-])CC1. The summed E-state index contributed by atoms with van der Waals surface area (Å²) in [5, 5.41) is 14.8. The molecule has 0 aromatic heterocycles. The molecule has 1 aromatic rings. The second-order valence-corrected chi connectivity index (χ2v) is 8.72. The molecule has 1 aliphatic heterocycles. The van der Waals surface area contributed by atoms with Gasteiger partial charge in [-0.1, -0.05) is 20.8 Å². The summed E-state index contributed by atoms with van der Waals surface area (Å²) in [7, 11) is -3.73. The van der Waals surface area contributed by atoms with E-state index < -0.39 is 14.9 Å². The summed E-state index contributed by atoms with van der Waals surface area (Å²) < 4.78 is 26.6. The van der Waals surface area contributed by atoms with Crippen molar-refractivity contribution in [1.29, 1.82) is 0 Å². The number of nitrogens with one attached hydrogen (secondary N) is 1. The molecule has 0 unspecified atom stereocenters. The maximum atomic E-state index is 12.6. The molecular weight excluding hydrogens is 368 g/mol. The van der Waals surface area contributed by atoms with Crippen LogP contribution in [0.4, 0.5) is 11.4 Å². The van der Waals surface area contributed by atoms with E-state index in [4.69, 9.17) is 0 Å². The number of benzene rings is 1. The van der Waals surface area contributed by atoms with Crippen molar-refractivity contribution < 1.29 is 13.3 Å². The first-order valence-electron chi connectivity index (χ1n) is 9.60. The molecule has 8 nitrogen and oxygen atoms in total. The van der Waals surface area contributed by atoms with Crippen molar-refractivity contribution in [3.63, 3.8) is 0 Å². The van der Waals surface area contributed by atoms with E-state index >= 15 is 0 Å². The van der Waals surface area contributed by atoms with Gasteiger partial charge in [0.25, 0.3) is 5.69 Å². The number of anilines is 1. The molecule has 1 heterocycles. The quantitative estimate of drug-likeness (QED) is 0.507. The van der Waals surface area contributed by atoms with Crippen LogP contribution >= 0.6 is 0 Å². The lowest BCUT2D eigenvalue weighted by atomic mass is 10.0. The molecule has 0 bridgehead atoms. The number of rotatable bonds is 9. The summed E-state index contributed by atoms with van der Waals surface area (Å²) >= 11 is 0. The molecule has 0 saturated carbocycles. The zero-order valence-electron chi connectivity index (χ0n) is 16.3. The maximum Gasteiger partial charge on any atom is 0.293 e. The molecule has 1 saturated heterocycles. The summed E-state index contributed by atoms with van der Waals surface area (Å²) in [6.07, 6.45) is 2.94. The Morgan fingerprint density at radius 3 is 2.37 bits per heavy atom. The van der Waals surface area contributed by atoms with Gasteiger partial charge in [0.15, 0.2) is 0 Å². The molecule has 2 rings (SSSR count). The van der Waals surface area contributed by atoms with E-state index in [1.165, 1.54) is 22.5 Å². The van der Waals surface area contributed by atoms with Gasteiger partial charge in [-0.2, -0.15) is 4.31 Å². The van der Waals surface area contributed by atoms with Crippen molar-refractivity contribution in [2.45, 2.75) is 51.0 Å². The number of piperidine rings is 1. The van der Waals surface area contributed by atoms with Crippen molar-refractivity contribution >= 4 is 21.4 Å². The summed E-state index contributed by atoms with van der Waals surface area (Å²) in [5.74, 6) is 0. The van der Waals surface area contributed by atoms with Crippen LogP contribution in [0.15, 0.2) is 23.1 Å². The van der Waals surface area contributed by atoms with Crippen LogP contribution in [0.2, 0.25) is 0 Å². The molecule has 27 heavy (non-hydrogen) atoms. The minimum Gasteiger partial charge on any atom is -0.377 e. The Labute approximate surface area is 161 Å². The fraction of sp³-hybridized carbons (Fsp3) is 0.667. The average molecular weight is 399 g/mol. The van der Waals surface area contributed by atoms with Crippen molar-refractivity contribution in [2.24, 2.45) is 0 Å². The van der Waals surface area contributed by atoms with E-state index in [2.05, 4.69) is 17.1 Å². The van der Waals surface area contributed by atoms with Gasteiger partial charge in [-0.15, -0.1) is 0 Å². The van der Waals surface area contributed by atoms with Crippen molar-refractivity contribution in [3.8, 4) is 0 Å². The third-order valence-electron chi connectivity index (χ3n) is 5.00. The Bertz CT molecular complexity index is 742. The molecule has 1 fully saturated rings. The standard InChI is InChI=1S/C18H30N4O4S/c1-4-11-20-12-9-15(10-13-20)19-17-8-7-16(14-18(17)22(23)24)27(25,26)21(5-2)6-3/h7-8,14-15,19H,4-6,9-13H2,1-3H3. The normalized spacial score (nSPS) is 16.6. The molecule has 0 radical (unpaired) electrons. The van der Waals surface area contributed by atoms with Crippen LogP contribution in [0, 0.1) is 10.1 Å². The number of sulfonamides is 1. The van der Waals surface area contributed by atoms with Gasteiger partial charge < -0.3 is 10.2 Å². The monoisotopic (exact) mass is 398 g/mol. The van der Waals surface area contributed by atoms with Gasteiger partial charge in [0.2, 0.25) is 10.0 Å². The average Bonchev–Trinajstić information content (AvgIpc) is 2.64. The van der Waals surface area contributed by atoms with Crippen molar-refractivity contribution in [1.82, 2.24) is 9.21 Å². The predicted molar refractivity (Wildman–Crippen MR) is 107 cm³/mol. The fourth-order valence-electron chi connectivity index (χ4n) is 3.49. The first kappa shape index (κ1) is 21.6. The van der Waals surface area contributed by atoms with E-state index in [0.717, 1.165) is 38.9 Å². The lowest BCUT2D eigenvalue weighted by Gasteiger charge is -2.32. The van der Waals surface area contributed by atoms with Crippen LogP contribution in [0.1, 0.15) is 40.0 Å². The smallest absolute Gasteiger partial charge is 0.293 e. The van der Waals surface area contributed by atoms with E-state index in [-0.39, 0.29) is 16.6 Å². The fourth-order valence-corrected chi connectivity index (χ4v) is 4.97. The highest BCUT2D eigenvalue weighted by Crippen LogP contribution is 2.30. The third-order valence-corrected chi connectivity index (χ3v) is 7.04. The lowest BCUT2D eigenvalue weighted by Crippen LogP contribution is -2.39. The van der Waals surface area contributed by atoms with Crippen LogP contribution in [0.3, 0.4) is 0 Å². The number of likely N-dealkylation sites (tertiary alicyclic amines) is 1.